The van der Waals surface area contributed by atoms with Crippen molar-refractivity contribution < 1.29 is 29.6 Å². The van der Waals surface area contributed by atoms with E-state index in [0.29, 0.717) is 18.4 Å². The molecule has 3 N–H and O–H groups in total. The van der Waals surface area contributed by atoms with Crippen molar-refractivity contribution in [1.29, 1.82) is 0 Å². The number of esters is 1. The number of ether oxygens (including phenoxy) is 1. The lowest BCUT2D eigenvalue weighted by Crippen LogP contribution is -2.33. The summed E-state index contributed by atoms with van der Waals surface area (Å²) in [5, 5.41) is 30.0. The fourth-order valence-corrected chi connectivity index (χ4v) is 2.89. The number of hydrogen-bond donors (Lipinski definition) is 3. The molecule has 0 unspecified atom stereocenters. The molecule has 0 aliphatic carbocycles. The van der Waals surface area contributed by atoms with E-state index < -0.39 is 30.1 Å². The Hall–Kier alpha value is -2.18. The van der Waals surface area contributed by atoms with E-state index in [0.717, 1.165) is 5.56 Å². The van der Waals surface area contributed by atoms with Crippen LogP contribution < -0.4 is 0 Å². The van der Waals surface area contributed by atoms with Crippen LogP contribution in [0.15, 0.2) is 24.3 Å². The maximum Gasteiger partial charge on any atom is 0.342 e. The van der Waals surface area contributed by atoms with Crippen molar-refractivity contribution in [3.8, 4) is 5.75 Å². The highest BCUT2D eigenvalue weighted by Crippen LogP contribution is 2.27. The normalized spacial score (nSPS) is 27.1. The zero-order valence-corrected chi connectivity index (χ0v) is 14.4. The molecule has 0 spiro atoms. The van der Waals surface area contributed by atoms with Crippen LogP contribution in [-0.4, -0.2) is 45.4 Å². The zero-order valence-electron chi connectivity index (χ0n) is 14.4. The minimum atomic E-state index is -1.47. The number of carbonyl (C=O) groups is 2. The van der Waals surface area contributed by atoms with E-state index in [1.807, 2.05) is 0 Å². The van der Waals surface area contributed by atoms with Crippen molar-refractivity contribution in [3.05, 3.63) is 41.0 Å². The van der Waals surface area contributed by atoms with Gasteiger partial charge in [-0.1, -0.05) is 12.1 Å². The van der Waals surface area contributed by atoms with Gasteiger partial charge in [-0.25, -0.2) is 4.79 Å². The van der Waals surface area contributed by atoms with Crippen LogP contribution in [-0.2, 0) is 16.0 Å². The predicted molar refractivity (Wildman–Crippen MR) is 91.4 cm³/mol. The minimum absolute atomic E-state index is 0.129. The Labute approximate surface area is 146 Å². The van der Waals surface area contributed by atoms with Crippen LogP contribution in [0.2, 0.25) is 0 Å². The molecule has 3 atom stereocenters. The number of fused-ring (bicyclic) bond motifs is 1. The van der Waals surface area contributed by atoms with Crippen molar-refractivity contribution in [3.63, 3.8) is 0 Å². The second-order valence-electron chi connectivity index (χ2n) is 6.48. The van der Waals surface area contributed by atoms with Crippen LogP contribution in [0.4, 0.5) is 0 Å². The summed E-state index contributed by atoms with van der Waals surface area (Å²) in [6, 6.07) is 3.30. The van der Waals surface area contributed by atoms with E-state index in [4.69, 9.17) is 4.74 Å². The maximum atomic E-state index is 12.4. The Kier molecular flexibility index (Phi) is 6.33. The molecule has 1 aromatic carbocycles. The summed E-state index contributed by atoms with van der Waals surface area (Å²) in [4.78, 5) is 24.3. The molecule has 0 saturated carbocycles. The van der Waals surface area contributed by atoms with Gasteiger partial charge in [0.2, 0.25) is 0 Å². The summed E-state index contributed by atoms with van der Waals surface area (Å²) in [5.74, 6) is -1.32. The highest BCUT2D eigenvalue weighted by atomic mass is 16.5. The smallest absolute Gasteiger partial charge is 0.342 e. The number of phenols is 1. The van der Waals surface area contributed by atoms with Gasteiger partial charge < -0.3 is 20.1 Å². The van der Waals surface area contributed by atoms with Crippen molar-refractivity contribution in [1.82, 2.24) is 0 Å². The summed E-state index contributed by atoms with van der Waals surface area (Å²) in [7, 11) is 0. The van der Waals surface area contributed by atoms with Crippen LogP contribution in [0.5, 0.6) is 5.75 Å². The Balaban J connectivity index is 2.34. The number of phenolic OH excluding ortho intramolecular Hbond substituents is 1. The number of benzene rings is 1. The number of ketones is 1. The monoisotopic (exact) mass is 348 g/mol. The molecule has 0 amide bonds. The lowest BCUT2D eigenvalue weighted by atomic mass is 9.96. The quantitative estimate of drug-likeness (QED) is 0.618. The molecule has 0 saturated heterocycles. The molecule has 1 heterocycles. The molecule has 6 nitrogen and oxygen atoms in total. The molecule has 2 rings (SSSR count). The SMILES string of the molecule is Cc1cc(O)c2c(c1)CCC[C@H](O)[C@H](O)C(=O)/C=C\C[C@H](C)OC2=O. The molecule has 0 fully saturated rings. The Morgan fingerprint density at radius 3 is 2.64 bits per heavy atom. The van der Waals surface area contributed by atoms with Gasteiger partial charge in [0.25, 0.3) is 0 Å². The number of aliphatic hydroxyl groups excluding tert-OH is 2. The lowest BCUT2D eigenvalue weighted by Gasteiger charge is -2.18. The van der Waals surface area contributed by atoms with Crippen LogP contribution >= 0.6 is 0 Å². The van der Waals surface area contributed by atoms with Crippen LogP contribution in [0.25, 0.3) is 0 Å². The Morgan fingerprint density at radius 2 is 1.92 bits per heavy atom. The van der Waals surface area contributed by atoms with Crippen LogP contribution in [0, 0.1) is 6.92 Å². The molecule has 1 aliphatic rings. The fourth-order valence-electron chi connectivity index (χ4n) is 2.89. The molecular weight excluding hydrogens is 324 g/mol. The number of rotatable bonds is 0. The largest absolute Gasteiger partial charge is 0.507 e. The number of cyclic esters (lactones) is 1. The molecule has 25 heavy (non-hydrogen) atoms. The summed E-state index contributed by atoms with van der Waals surface area (Å²) < 4.78 is 5.35. The molecule has 1 aliphatic heterocycles. The van der Waals surface area contributed by atoms with Gasteiger partial charge in [-0.3, -0.25) is 4.79 Å². The maximum absolute atomic E-state index is 12.4. The van der Waals surface area contributed by atoms with Gasteiger partial charge in [0.05, 0.1) is 6.10 Å². The number of carbonyl (C=O) groups excluding carboxylic acids is 2. The number of hydrogen-bond acceptors (Lipinski definition) is 6. The topological polar surface area (TPSA) is 104 Å². The molecule has 0 bridgehead atoms. The molecule has 1 aromatic rings. The summed E-state index contributed by atoms with van der Waals surface area (Å²) in [5.41, 5.74) is 1.55. The van der Waals surface area contributed by atoms with E-state index in [1.54, 1.807) is 19.9 Å². The van der Waals surface area contributed by atoms with Gasteiger partial charge in [-0.05, 0) is 56.4 Å². The Morgan fingerprint density at radius 1 is 1.20 bits per heavy atom. The first kappa shape index (κ1) is 19.1. The third-order valence-electron chi connectivity index (χ3n) is 4.21. The van der Waals surface area contributed by atoms with Crippen LogP contribution in [0.1, 0.15) is 47.7 Å². The first-order valence-corrected chi connectivity index (χ1v) is 8.39. The standard InChI is InChI=1S/C19H24O6/c1-11-9-13-6-4-8-15(21)18(23)14(20)7-3-5-12(2)25-19(24)17(13)16(22)10-11/h3,7,9-10,12,15,18,21-23H,4-6,8H2,1-2H3/b7-3-/t12-,15-,18+/m0/s1. The van der Waals surface area contributed by atoms with E-state index in [2.05, 4.69) is 0 Å². The summed E-state index contributed by atoms with van der Waals surface area (Å²) >= 11 is 0. The second kappa shape index (κ2) is 8.27. The van der Waals surface area contributed by atoms with E-state index >= 15 is 0 Å². The first-order valence-electron chi connectivity index (χ1n) is 8.39. The minimum Gasteiger partial charge on any atom is -0.507 e. The number of aromatic hydroxyl groups is 1. The average Bonchev–Trinajstić information content (AvgIpc) is 2.52. The van der Waals surface area contributed by atoms with Crippen LogP contribution in [0.3, 0.4) is 0 Å². The van der Waals surface area contributed by atoms with E-state index in [1.165, 1.54) is 18.2 Å². The average molecular weight is 348 g/mol. The van der Waals surface area contributed by atoms with Gasteiger partial charge in [0.1, 0.15) is 23.5 Å². The van der Waals surface area contributed by atoms with Gasteiger partial charge in [-0.2, -0.15) is 0 Å². The lowest BCUT2D eigenvalue weighted by molar-refractivity contribution is -0.128. The molecule has 136 valence electrons. The van der Waals surface area contributed by atoms with Gasteiger partial charge in [0.15, 0.2) is 5.78 Å². The second-order valence-corrected chi connectivity index (χ2v) is 6.48. The van der Waals surface area contributed by atoms with Gasteiger partial charge >= 0.3 is 5.97 Å². The zero-order chi connectivity index (χ0) is 18.6. The fraction of sp³-hybridized carbons (Fsp3) is 0.474. The predicted octanol–water partition coefficient (Wildman–Crippen LogP) is 1.82. The number of aliphatic hydroxyl groups is 2. The van der Waals surface area contributed by atoms with Gasteiger partial charge in [-0.15, -0.1) is 0 Å². The highest BCUT2D eigenvalue weighted by molar-refractivity contribution is 5.95. The van der Waals surface area contributed by atoms with Crippen molar-refractivity contribution in [2.24, 2.45) is 0 Å². The molecule has 0 aromatic heterocycles. The van der Waals surface area contributed by atoms with E-state index in [9.17, 15) is 24.9 Å². The third kappa shape index (κ3) is 4.90. The molecular formula is C19H24O6. The highest BCUT2D eigenvalue weighted by Gasteiger charge is 2.24. The Bertz CT molecular complexity index is 679. The van der Waals surface area contributed by atoms with Crippen molar-refractivity contribution in [2.45, 2.75) is 57.8 Å². The third-order valence-corrected chi connectivity index (χ3v) is 4.21. The number of aryl methyl sites for hydroxylation is 2. The summed E-state index contributed by atoms with van der Waals surface area (Å²) in [6.45, 7) is 3.48. The molecule has 6 heteroatoms. The molecule has 0 radical (unpaired) electrons. The first-order chi connectivity index (χ1) is 11.8. The van der Waals surface area contributed by atoms with E-state index in [-0.39, 0.29) is 24.2 Å². The van der Waals surface area contributed by atoms with Crippen molar-refractivity contribution >= 4 is 11.8 Å². The summed E-state index contributed by atoms with van der Waals surface area (Å²) in [6.07, 6.45) is 0.860. The van der Waals surface area contributed by atoms with Crippen molar-refractivity contribution in [2.75, 3.05) is 0 Å². The van der Waals surface area contributed by atoms with Gasteiger partial charge in [0, 0.05) is 6.42 Å².